The summed E-state index contributed by atoms with van der Waals surface area (Å²) in [5.41, 5.74) is 2.85. The molecule has 0 spiro atoms. The summed E-state index contributed by atoms with van der Waals surface area (Å²) in [6.45, 7) is 5.21. The number of hydrogen-bond acceptors (Lipinski definition) is 3. The summed E-state index contributed by atoms with van der Waals surface area (Å²) in [6, 6.07) is 5.56. The van der Waals surface area contributed by atoms with Crippen LogP contribution in [0.4, 0.5) is 0 Å². The van der Waals surface area contributed by atoms with Crippen LogP contribution in [-0.2, 0) is 9.53 Å². The van der Waals surface area contributed by atoms with E-state index in [1.807, 2.05) is 26.0 Å². The maximum absolute atomic E-state index is 11.9. The molecule has 0 radical (unpaired) electrons. The zero-order chi connectivity index (χ0) is 13.8. The Morgan fingerprint density at radius 3 is 2.89 bits per heavy atom. The maximum Gasteiger partial charge on any atom is 0.253 e. The Labute approximate surface area is 113 Å². The minimum atomic E-state index is -1.11. The van der Waals surface area contributed by atoms with Crippen molar-refractivity contribution in [2.45, 2.75) is 38.9 Å². The minimum absolute atomic E-state index is 0.0934. The Bertz CT molecular complexity index is 453. The highest BCUT2D eigenvalue weighted by Crippen LogP contribution is 2.17. The molecule has 1 fully saturated rings. The first-order chi connectivity index (χ1) is 9.08. The lowest BCUT2D eigenvalue weighted by atomic mass is 10.0. The lowest BCUT2D eigenvalue weighted by Gasteiger charge is -2.15. The van der Waals surface area contributed by atoms with Crippen LogP contribution in [0.25, 0.3) is 0 Å². The molecule has 2 rings (SSSR count). The standard InChI is InChI=1S/C15H21NO3/c1-10-5-6-12(8-11(10)2)14(17)15(18)16-9-13-4-3-7-19-13/h5-6,8,13-14,17H,3-4,7,9H2,1-2H3,(H,16,18). The molecular weight excluding hydrogens is 242 g/mol. The summed E-state index contributed by atoms with van der Waals surface area (Å²) < 4.78 is 5.43. The summed E-state index contributed by atoms with van der Waals surface area (Å²) in [4.78, 5) is 11.9. The molecule has 1 aliphatic heterocycles. The van der Waals surface area contributed by atoms with Gasteiger partial charge in [-0.2, -0.15) is 0 Å². The van der Waals surface area contributed by atoms with Gasteiger partial charge in [0, 0.05) is 13.2 Å². The molecule has 2 atom stereocenters. The van der Waals surface area contributed by atoms with E-state index in [1.165, 1.54) is 0 Å². The largest absolute Gasteiger partial charge is 0.378 e. The molecule has 1 aromatic carbocycles. The first kappa shape index (κ1) is 14.0. The molecule has 1 saturated heterocycles. The van der Waals surface area contributed by atoms with Crippen LogP contribution >= 0.6 is 0 Å². The molecule has 0 saturated carbocycles. The van der Waals surface area contributed by atoms with Gasteiger partial charge in [0.15, 0.2) is 6.10 Å². The molecule has 4 heteroatoms. The molecule has 1 aromatic rings. The maximum atomic E-state index is 11.9. The highest BCUT2D eigenvalue weighted by Gasteiger charge is 2.21. The Kier molecular flexibility index (Phi) is 4.56. The number of nitrogens with one attached hydrogen (secondary N) is 1. The highest BCUT2D eigenvalue weighted by molar-refractivity contribution is 5.82. The third-order valence-corrected chi connectivity index (χ3v) is 3.62. The average molecular weight is 263 g/mol. The molecule has 0 bridgehead atoms. The van der Waals surface area contributed by atoms with E-state index in [9.17, 15) is 9.90 Å². The predicted molar refractivity (Wildman–Crippen MR) is 72.9 cm³/mol. The Morgan fingerprint density at radius 2 is 2.26 bits per heavy atom. The number of rotatable bonds is 4. The number of aliphatic hydroxyl groups excluding tert-OH is 1. The van der Waals surface area contributed by atoms with E-state index >= 15 is 0 Å². The third kappa shape index (κ3) is 3.55. The quantitative estimate of drug-likeness (QED) is 0.868. The van der Waals surface area contributed by atoms with E-state index in [0.29, 0.717) is 12.1 Å². The van der Waals surface area contributed by atoms with Crippen LogP contribution in [-0.4, -0.2) is 30.3 Å². The van der Waals surface area contributed by atoms with Crippen molar-refractivity contribution in [1.29, 1.82) is 0 Å². The number of ether oxygens (including phenoxy) is 1. The number of hydrogen-bond donors (Lipinski definition) is 2. The van der Waals surface area contributed by atoms with Crippen molar-refractivity contribution in [3.63, 3.8) is 0 Å². The van der Waals surface area contributed by atoms with Crippen LogP contribution in [0.1, 0.15) is 35.6 Å². The van der Waals surface area contributed by atoms with Crippen molar-refractivity contribution >= 4 is 5.91 Å². The molecular formula is C15H21NO3. The van der Waals surface area contributed by atoms with Crippen molar-refractivity contribution in [3.05, 3.63) is 34.9 Å². The Hall–Kier alpha value is -1.39. The van der Waals surface area contributed by atoms with Crippen LogP contribution in [0.2, 0.25) is 0 Å². The lowest BCUT2D eigenvalue weighted by Crippen LogP contribution is -2.35. The van der Waals surface area contributed by atoms with Crippen LogP contribution < -0.4 is 5.32 Å². The molecule has 1 heterocycles. The number of benzene rings is 1. The second-order valence-electron chi connectivity index (χ2n) is 5.13. The van der Waals surface area contributed by atoms with Crippen molar-refractivity contribution in [3.8, 4) is 0 Å². The summed E-state index contributed by atoms with van der Waals surface area (Å²) >= 11 is 0. The van der Waals surface area contributed by atoms with Gasteiger partial charge >= 0.3 is 0 Å². The van der Waals surface area contributed by atoms with Crippen molar-refractivity contribution in [1.82, 2.24) is 5.32 Å². The van der Waals surface area contributed by atoms with Gasteiger partial charge < -0.3 is 15.2 Å². The first-order valence-corrected chi connectivity index (χ1v) is 6.72. The van der Waals surface area contributed by atoms with Gasteiger partial charge in [-0.05, 0) is 43.4 Å². The van der Waals surface area contributed by atoms with Crippen molar-refractivity contribution in [2.24, 2.45) is 0 Å². The van der Waals surface area contributed by atoms with Gasteiger partial charge in [-0.1, -0.05) is 18.2 Å². The number of amides is 1. The van der Waals surface area contributed by atoms with Crippen LogP contribution in [0, 0.1) is 13.8 Å². The van der Waals surface area contributed by atoms with Crippen LogP contribution in [0.3, 0.4) is 0 Å². The third-order valence-electron chi connectivity index (χ3n) is 3.62. The summed E-state index contributed by atoms with van der Waals surface area (Å²) in [5.74, 6) is -0.362. The molecule has 2 unspecified atom stereocenters. The molecule has 0 aromatic heterocycles. The van der Waals surface area contributed by atoms with Gasteiger partial charge in [-0.3, -0.25) is 4.79 Å². The molecule has 1 amide bonds. The zero-order valence-corrected chi connectivity index (χ0v) is 11.5. The zero-order valence-electron chi connectivity index (χ0n) is 11.5. The first-order valence-electron chi connectivity index (χ1n) is 6.72. The van der Waals surface area contributed by atoms with E-state index < -0.39 is 6.10 Å². The summed E-state index contributed by atoms with van der Waals surface area (Å²) in [5, 5.41) is 12.8. The van der Waals surface area contributed by atoms with Crippen molar-refractivity contribution in [2.75, 3.05) is 13.2 Å². The SMILES string of the molecule is Cc1ccc(C(O)C(=O)NCC2CCCO2)cc1C. The summed E-state index contributed by atoms with van der Waals surface area (Å²) in [6.07, 6.45) is 0.997. The monoisotopic (exact) mass is 263 g/mol. The number of carbonyl (C=O) groups excluding carboxylic acids is 1. The van der Waals surface area contributed by atoms with Gasteiger partial charge in [0.1, 0.15) is 0 Å². The molecule has 4 nitrogen and oxygen atoms in total. The van der Waals surface area contributed by atoms with E-state index in [1.54, 1.807) is 6.07 Å². The molecule has 104 valence electrons. The molecule has 1 aliphatic rings. The van der Waals surface area contributed by atoms with Gasteiger partial charge in [0.25, 0.3) is 5.91 Å². The second-order valence-corrected chi connectivity index (χ2v) is 5.13. The van der Waals surface area contributed by atoms with Gasteiger partial charge in [0.05, 0.1) is 6.10 Å². The van der Waals surface area contributed by atoms with E-state index in [0.717, 1.165) is 30.6 Å². The van der Waals surface area contributed by atoms with Crippen molar-refractivity contribution < 1.29 is 14.6 Å². The van der Waals surface area contributed by atoms with Gasteiger partial charge in [-0.15, -0.1) is 0 Å². The lowest BCUT2D eigenvalue weighted by molar-refractivity contribution is -0.130. The Balaban J connectivity index is 1.92. The minimum Gasteiger partial charge on any atom is -0.378 e. The molecule has 19 heavy (non-hydrogen) atoms. The molecule has 0 aliphatic carbocycles. The fourth-order valence-corrected chi connectivity index (χ4v) is 2.20. The van der Waals surface area contributed by atoms with Crippen LogP contribution in [0.15, 0.2) is 18.2 Å². The van der Waals surface area contributed by atoms with E-state index in [4.69, 9.17) is 4.74 Å². The fourth-order valence-electron chi connectivity index (χ4n) is 2.20. The van der Waals surface area contributed by atoms with Gasteiger partial charge in [0.2, 0.25) is 0 Å². The normalized spacial score (nSPS) is 20.3. The smallest absolute Gasteiger partial charge is 0.253 e. The second kappa shape index (κ2) is 6.17. The van der Waals surface area contributed by atoms with E-state index in [-0.39, 0.29) is 12.0 Å². The predicted octanol–water partition coefficient (Wildman–Crippen LogP) is 1.63. The van der Waals surface area contributed by atoms with Gasteiger partial charge in [-0.25, -0.2) is 0 Å². The summed E-state index contributed by atoms with van der Waals surface area (Å²) in [7, 11) is 0. The fraction of sp³-hybridized carbons (Fsp3) is 0.533. The van der Waals surface area contributed by atoms with E-state index in [2.05, 4.69) is 5.32 Å². The topological polar surface area (TPSA) is 58.6 Å². The number of carbonyl (C=O) groups is 1. The Morgan fingerprint density at radius 1 is 1.47 bits per heavy atom. The number of aliphatic hydroxyl groups is 1. The highest BCUT2D eigenvalue weighted by atomic mass is 16.5. The number of aryl methyl sites for hydroxylation is 2. The average Bonchev–Trinajstić information content (AvgIpc) is 2.91. The van der Waals surface area contributed by atoms with Crippen LogP contribution in [0.5, 0.6) is 0 Å². The molecule has 2 N–H and O–H groups in total.